The highest BCUT2D eigenvalue weighted by atomic mass is 32.2. The van der Waals surface area contributed by atoms with Crippen LogP contribution in [-0.2, 0) is 4.79 Å². The summed E-state index contributed by atoms with van der Waals surface area (Å²) in [6.45, 7) is 5.91. The number of fused-ring (bicyclic) bond motifs is 3. The second-order valence-corrected chi connectivity index (χ2v) is 8.15. The van der Waals surface area contributed by atoms with Gasteiger partial charge in [0.05, 0.1) is 4.91 Å². The van der Waals surface area contributed by atoms with E-state index in [4.69, 9.17) is 4.74 Å². The van der Waals surface area contributed by atoms with Crippen molar-refractivity contribution in [3.05, 3.63) is 83.8 Å². The molecule has 0 saturated heterocycles. The number of carbonyl (C=O) groups is 1. The maximum Gasteiger partial charge on any atom is 0.349 e. The second kappa shape index (κ2) is 6.98. The predicted molar refractivity (Wildman–Crippen MR) is 111 cm³/mol. The molecular formula is C22H16O2S2. The number of benzene rings is 3. The highest BCUT2D eigenvalue weighted by Gasteiger charge is 2.15. The van der Waals surface area contributed by atoms with Gasteiger partial charge < -0.3 is 4.74 Å². The van der Waals surface area contributed by atoms with Crippen LogP contribution in [0.5, 0.6) is 5.75 Å². The van der Waals surface area contributed by atoms with Crippen molar-refractivity contribution < 1.29 is 9.53 Å². The molecule has 0 fully saturated rings. The van der Waals surface area contributed by atoms with Crippen molar-refractivity contribution in [1.82, 2.24) is 0 Å². The second-order valence-electron chi connectivity index (χ2n) is 5.96. The smallest absolute Gasteiger partial charge is 0.349 e. The molecule has 0 atom stereocenters. The third-order valence-corrected chi connectivity index (χ3v) is 6.38. The molecule has 1 heterocycles. The zero-order valence-electron chi connectivity index (χ0n) is 14.2. The van der Waals surface area contributed by atoms with Crippen molar-refractivity contribution in [3.63, 3.8) is 0 Å². The van der Waals surface area contributed by atoms with Crippen molar-refractivity contribution >= 4 is 49.2 Å². The lowest BCUT2D eigenvalue weighted by Crippen LogP contribution is -2.08. The van der Waals surface area contributed by atoms with Gasteiger partial charge in [-0.3, -0.25) is 0 Å². The molecule has 0 aliphatic rings. The van der Waals surface area contributed by atoms with Gasteiger partial charge in [-0.2, -0.15) is 0 Å². The summed E-state index contributed by atoms with van der Waals surface area (Å²) in [5, 5.41) is 2.44. The van der Waals surface area contributed by atoms with E-state index in [-0.39, 0.29) is 0 Å². The molecular weight excluding hydrogens is 360 g/mol. The first-order valence-corrected chi connectivity index (χ1v) is 9.81. The molecule has 2 nitrogen and oxygen atoms in total. The van der Waals surface area contributed by atoms with Crippen LogP contribution >= 0.6 is 23.1 Å². The maximum absolute atomic E-state index is 12.4. The Balaban J connectivity index is 1.59. The van der Waals surface area contributed by atoms with E-state index in [2.05, 4.69) is 24.8 Å². The van der Waals surface area contributed by atoms with Crippen LogP contribution in [0, 0.1) is 6.92 Å². The summed E-state index contributed by atoms with van der Waals surface area (Å²) < 4.78 is 7.83. The molecule has 26 heavy (non-hydrogen) atoms. The lowest BCUT2D eigenvalue weighted by Gasteiger charge is -2.07. The van der Waals surface area contributed by atoms with E-state index < -0.39 is 5.97 Å². The van der Waals surface area contributed by atoms with Gasteiger partial charge in [0, 0.05) is 25.1 Å². The van der Waals surface area contributed by atoms with Crippen molar-refractivity contribution in [2.45, 2.75) is 11.8 Å². The Morgan fingerprint density at radius 2 is 1.69 bits per heavy atom. The van der Waals surface area contributed by atoms with Gasteiger partial charge in [-0.15, -0.1) is 11.3 Å². The largest absolute Gasteiger partial charge is 0.423 e. The normalized spacial score (nSPS) is 11.0. The van der Waals surface area contributed by atoms with Crippen molar-refractivity contribution in [2.24, 2.45) is 0 Å². The molecule has 3 aromatic carbocycles. The van der Waals surface area contributed by atoms with Gasteiger partial charge in [-0.05, 0) is 31.2 Å². The number of carbonyl (C=O) groups excluding carboxylic acids is 1. The Morgan fingerprint density at radius 1 is 0.962 bits per heavy atom. The van der Waals surface area contributed by atoms with E-state index in [9.17, 15) is 4.79 Å². The molecule has 1 aromatic heterocycles. The van der Waals surface area contributed by atoms with E-state index in [1.807, 2.05) is 43.3 Å². The fourth-order valence-electron chi connectivity index (χ4n) is 2.75. The lowest BCUT2D eigenvalue weighted by molar-refractivity contribution is -0.129. The molecule has 0 amide bonds. The Labute approximate surface area is 160 Å². The first-order valence-electron chi connectivity index (χ1n) is 8.18. The topological polar surface area (TPSA) is 26.3 Å². The van der Waals surface area contributed by atoms with Crippen molar-refractivity contribution in [1.29, 1.82) is 0 Å². The van der Waals surface area contributed by atoms with Crippen LogP contribution in [0.1, 0.15) is 5.56 Å². The molecule has 0 aliphatic carbocycles. The van der Waals surface area contributed by atoms with Crippen molar-refractivity contribution in [2.75, 3.05) is 0 Å². The Morgan fingerprint density at radius 3 is 2.50 bits per heavy atom. The van der Waals surface area contributed by atoms with E-state index in [1.165, 1.54) is 31.9 Å². The van der Waals surface area contributed by atoms with Crippen LogP contribution in [0.2, 0.25) is 0 Å². The average molecular weight is 377 g/mol. The molecule has 4 aromatic rings. The minimum absolute atomic E-state index is 0.371. The van der Waals surface area contributed by atoms with Crippen LogP contribution in [0.15, 0.2) is 83.1 Å². The van der Waals surface area contributed by atoms with E-state index in [0.717, 1.165) is 10.5 Å². The number of hydrogen-bond acceptors (Lipinski definition) is 4. The summed E-state index contributed by atoms with van der Waals surface area (Å²) in [6, 6.07) is 21.9. The van der Waals surface area contributed by atoms with Crippen LogP contribution < -0.4 is 4.74 Å². The molecule has 4 rings (SSSR count). The first-order chi connectivity index (χ1) is 12.6. The van der Waals surface area contributed by atoms with Gasteiger partial charge in [0.25, 0.3) is 0 Å². The number of aryl methyl sites for hydroxylation is 1. The van der Waals surface area contributed by atoms with Crippen LogP contribution in [0.3, 0.4) is 0 Å². The minimum Gasteiger partial charge on any atom is -0.423 e. The molecule has 128 valence electrons. The Kier molecular flexibility index (Phi) is 4.53. The average Bonchev–Trinajstić information content (AvgIpc) is 3.03. The van der Waals surface area contributed by atoms with Gasteiger partial charge in [0.1, 0.15) is 5.75 Å². The number of thiophene rings is 1. The highest BCUT2D eigenvalue weighted by molar-refractivity contribution is 8.04. The van der Waals surface area contributed by atoms with E-state index in [0.29, 0.717) is 10.7 Å². The number of ether oxygens (including phenoxy) is 1. The molecule has 0 saturated carbocycles. The SMILES string of the molecule is C=C(Sc1cccc2c1sc1ccccc12)C(=O)Oc1ccc(C)cc1. The number of hydrogen-bond donors (Lipinski definition) is 0. The third kappa shape index (κ3) is 3.26. The molecule has 0 spiro atoms. The summed E-state index contributed by atoms with van der Waals surface area (Å²) in [4.78, 5) is 13.8. The van der Waals surface area contributed by atoms with E-state index >= 15 is 0 Å². The van der Waals surface area contributed by atoms with Gasteiger partial charge in [-0.1, -0.05) is 66.4 Å². The minimum atomic E-state index is -0.419. The predicted octanol–water partition coefficient (Wildman–Crippen LogP) is 6.57. The van der Waals surface area contributed by atoms with Crippen LogP contribution in [0.25, 0.3) is 20.2 Å². The summed E-state index contributed by atoms with van der Waals surface area (Å²) in [5.41, 5.74) is 1.12. The lowest BCUT2D eigenvalue weighted by atomic mass is 10.1. The van der Waals surface area contributed by atoms with Crippen LogP contribution in [0.4, 0.5) is 0 Å². The first kappa shape index (κ1) is 16.9. The van der Waals surface area contributed by atoms with Gasteiger partial charge >= 0.3 is 5.97 Å². The standard InChI is InChI=1S/C22H16O2S2/c1-14-10-12-16(13-11-14)24-22(23)15(2)25-20-9-5-7-18-17-6-3-4-8-19(17)26-21(18)20/h3-13H,2H2,1H3. The monoisotopic (exact) mass is 376 g/mol. The zero-order chi connectivity index (χ0) is 18.1. The van der Waals surface area contributed by atoms with Gasteiger partial charge in [-0.25, -0.2) is 4.79 Å². The molecule has 0 unspecified atom stereocenters. The molecule has 4 heteroatoms. The number of thioether (sulfide) groups is 1. The Bertz CT molecular complexity index is 1120. The van der Waals surface area contributed by atoms with Crippen LogP contribution in [-0.4, -0.2) is 5.97 Å². The summed E-state index contributed by atoms with van der Waals surface area (Å²) in [5.74, 6) is 0.111. The maximum atomic E-state index is 12.4. The third-order valence-electron chi connectivity index (χ3n) is 4.06. The fraction of sp³-hybridized carbons (Fsp3) is 0.0455. The molecule has 0 bridgehead atoms. The zero-order valence-corrected chi connectivity index (χ0v) is 15.8. The highest BCUT2D eigenvalue weighted by Crippen LogP contribution is 2.41. The van der Waals surface area contributed by atoms with E-state index in [1.54, 1.807) is 23.5 Å². The summed E-state index contributed by atoms with van der Waals surface area (Å²) in [7, 11) is 0. The van der Waals surface area contributed by atoms with Gasteiger partial charge in [0.2, 0.25) is 0 Å². The summed E-state index contributed by atoms with van der Waals surface area (Å²) >= 11 is 3.09. The molecule has 0 radical (unpaired) electrons. The molecule has 0 aliphatic heterocycles. The quantitative estimate of drug-likeness (QED) is 0.174. The number of esters is 1. The van der Waals surface area contributed by atoms with Gasteiger partial charge in [0.15, 0.2) is 0 Å². The fourth-order valence-corrected chi connectivity index (χ4v) is 4.85. The van der Waals surface area contributed by atoms with Crippen molar-refractivity contribution in [3.8, 4) is 5.75 Å². The summed E-state index contributed by atoms with van der Waals surface area (Å²) in [6.07, 6.45) is 0. The Hall–Kier alpha value is -2.56. The number of rotatable bonds is 4. The molecule has 0 N–H and O–H groups in total.